The molecule has 1 aliphatic heterocycles. The average molecular weight is 213 g/mol. The Kier molecular flexibility index (Phi) is 4.74. The number of hydrogen-bond donors (Lipinski definition) is 0. The number of rotatable bonds is 5. The molecule has 0 radical (unpaired) electrons. The van der Waals surface area contributed by atoms with Gasteiger partial charge >= 0.3 is 0 Å². The van der Waals surface area contributed by atoms with Gasteiger partial charge in [-0.15, -0.1) is 0 Å². The van der Waals surface area contributed by atoms with E-state index in [-0.39, 0.29) is 5.41 Å². The van der Waals surface area contributed by atoms with Gasteiger partial charge in [-0.2, -0.15) is 0 Å². The van der Waals surface area contributed by atoms with Gasteiger partial charge in [0.05, 0.1) is 13.2 Å². The van der Waals surface area contributed by atoms with Crippen LogP contribution in [0.25, 0.3) is 0 Å². The number of carbonyl (C=O) groups is 1. The lowest BCUT2D eigenvalue weighted by atomic mass is 9.83. The Morgan fingerprint density at radius 2 is 2.13 bits per heavy atom. The third kappa shape index (κ3) is 3.02. The summed E-state index contributed by atoms with van der Waals surface area (Å²) in [5.41, 5.74) is -0.147. The highest BCUT2D eigenvalue weighted by Crippen LogP contribution is 2.26. The second-order valence-corrected chi connectivity index (χ2v) is 4.58. The highest BCUT2D eigenvalue weighted by molar-refractivity contribution is 5.59. The first kappa shape index (κ1) is 12.7. The van der Waals surface area contributed by atoms with Crippen LogP contribution in [0.15, 0.2) is 0 Å². The van der Waals surface area contributed by atoms with Crippen molar-refractivity contribution in [1.82, 2.24) is 4.90 Å². The molecule has 3 nitrogen and oxygen atoms in total. The molecule has 1 unspecified atom stereocenters. The smallest absolute Gasteiger partial charge is 0.127 e. The first-order valence-corrected chi connectivity index (χ1v) is 5.95. The van der Waals surface area contributed by atoms with Gasteiger partial charge in [-0.25, -0.2) is 0 Å². The van der Waals surface area contributed by atoms with E-state index in [1.54, 1.807) is 0 Å². The number of carbonyl (C=O) groups excluding carboxylic acids is 1. The van der Waals surface area contributed by atoms with Gasteiger partial charge in [0, 0.05) is 24.5 Å². The lowest BCUT2D eigenvalue weighted by Gasteiger charge is -2.39. The minimum absolute atomic E-state index is 0.147. The number of aldehydes is 1. The predicted molar refractivity (Wildman–Crippen MR) is 60.9 cm³/mol. The normalized spacial score (nSPS) is 24.1. The maximum Gasteiger partial charge on any atom is 0.127 e. The summed E-state index contributed by atoms with van der Waals surface area (Å²) in [5.74, 6) is 0. The van der Waals surface area contributed by atoms with E-state index in [0.717, 1.165) is 45.4 Å². The Morgan fingerprint density at radius 1 is 1.47 bits per heavy atom. The molecule has 1 rings (SSSR count). The van der Waals surface area contributed by atoms with Crippen LogP contribution in [-0.4, -0.2) is 43.5 Å². The fourth-order valence-corrected chi connectivity index (χ4v) is 2.08. The standard InChI is InChI=1S/C12H23NO2/c1-4-12(5-2,10-14)9-13-6-7-15-8-11(13)3/h10-11H,4-9H2,1-3H3. The van der Waals surface area contributed by atoms with Crippen LogP contribution in [0.1, 0.15) is 33.6 Å². The Morgan fingerprint density at radius 3 is 2.60 bits per heavy atom. The molecule has 3 heteroatoms. The van der Waals surface area contributed by atoms with E-state index in [2.05, 4.69) is 25.7 Å². The first-order chi connectivity index (χ1) is 7.17. The van der Waals surface area contributed by atoms with Crippen LogP contribution in [0, 0.1) is 5.41 Å². The molecule has 15 heavy (non-hydrogen) atoms. The third-order valence-corrected chi connectivity index (χ3v) is 3.68. The molecular weight excluding hydrogens is 190 g/mol. The Hall–Kier alpha value is -0.410. The minimum atomic E-state index is -0.147. The molecular formula is C12H23NO2. The molecule has 0 bridgehead atoms. The van der Waals surface area contributed by atoms with Crippen LogP contribution in [-0.2, 0) is 9.53 Å². The molecule has 0 aromatic carbocycles. The van der Waals surface area contributed by atoms with Crippen LogP contribution in [0.3, 0.4) is 0 Å². The largest absolute Gasteiger partial charge is 0.379 e. The van der Waals surface area contributed by atoms with Crippen LogP contribution in [0.5, 0.6) is 0 Å². The number of nitrogens with zero attached hydrogens (tertiary/aromatic N) is 1. The maximum atomic E-state index is 11.2. The zero-order valence-electron chi connectivity index (χ0n) is 10.2. The van der Waals surface area contributed by atoms with E-state index in [9.17, 15) is 4.79 Å². The molecule has 0 aromatic rings. The molecule has 0 amide bonds. The zero-order chi connectivity index (χ0) is 11.3. The Bertz CT molecular complexity index is 202. The van der Waals surface area contributed by atoms with E-state index in [1.807, 2.05) is 0 Å². The van der Waals surface area contributed by atoms with Crippen molar-refractivity contribution in [2.45, 2.75) is 39.7 Å². The summed E-state index contributed by atoms with van der Waals surface area (Å²) in [4.78, 5) is 13.6. The van der Waals surface area contributed by atoms with E-state index >= 15 is 0 Å². The van der Waals surface area contributed by atoms with E-state index in [4.69, 9.17) is 4.74 Å². The van der Waals surface area contributed by atoms with Gasteiger partial charge in [0.1, 0.15) is 6.29 Å². The molecule has 0 aliphatic carbocycles. The highest BCUT2D eigenvalue weighted by atomic mass is 16.5. The molecule has 0 N–H and O–H groups in total. The SMILES string of the molecule is CCC(C=O)(CC)CN1CCOCC1C. The van der Waals surface area contributed by atoms with Gasteiger partial charge < -0.3 is 9.53 Å². The molecule has 1 heterocycles. The summed E-state index contributed by atoms with van der Waals surface area (Å²) in [5, 5.41) is 0. The molecule has 1 aliphatic rings. The molecule has 0 saturated carbocycles. The summed E-state index contributed by atoms with van der Waals surface area (Å²) in [6.45, 7) is 9.80. The van der Waals surface area contributed by atoms with Crippen molar-refractivity contribution in [2.75, 3.05) is 26.3 Å². The number of hydrogen-bond acceptors (Lipinski definition) is 3. The number of ether oxygens (including phenoxy) is 1. The van der Waals surface area contributed by atoms with E-state index in [1.165, 1.54) is 0 Å². The summed E-state index contributed by atoms with van der Waals surface area (Å²) in [6.07, 6.45) is 3.00. The Balaban J connectivity index is 2.60. The summed E-state index contributed by atoms with van der Waals surface area (Å²) in [6, 6.07) is 0.441. The lowest BCUT2D eigenvalue weighted by Crippen LogP contribution is -2.49. The van der Waals surface area contributed by atoms with Gasteiger partial charge in [0.15, 0.2) is 0 Å². The summed E-state index contributed by atoms with van der Waals surface area (Å²) >= 11 is 0. The lowest BCUT2D eigenvalue weighted by molar-refractivity contribution is -0.119. The monoisotopic (exact) mass is 213 g/mol. The molecule has 0 spiro atoms. The number of morpholine rings is 1. The van der Waals surface area contributed by atoms with Crippen LogP contribution in [0.4, 0.5) is 0 Å². The van der Waals surface area contributed by atoms with Crippen LogP contribution < -0.4 is 0 Å². The average Bonchev–Trinajstić information content (AvgIpc) is 2.29. The molecule has 1 atom stereocenters. The maximum absolute atomic E-state index is 11.2. The van der Waals surface area contributed by atoms with Crippen molar-refractivity contribution in [3.63, 3.8) is 0 Å². The van der Waals surface area contributed by atoms with E-state index < -0.39 is 0 Å². The van der Waals surface area contributed by atoms with Crippen LogP contribution in [0.2, 0.25) is 0 Å². The van der Waals surface area contributed by atoms with Gasteiger partial charge in [0.25, 0.3) is 0 Å². The van der Waals surface area contributed by atoms with Gasteiger partial charge in [-0.1, -0.05) is 13.8 Å². The van der Waals surface area contributed by atoms with Crippen molar-refractivity contribution in [3.8, 4) is 0 Å². The summed E-state index contributed by atoms with van der Waals surface area (Å²) < 4.78 is 5.40. The van der Waals surface area contributed by atoms with Crippen molar-refractivity contribution in [3.05, 3.63) is 0 Å². The highest BCUT2D eigenvalue weighted by Gasteiger charge is 2.31. The molecule has 0 aromatic heterocycles. The van der Waals surface area contributed by atoms with Crippen molar-refractivity contribution < 1.29 is 9.53 Å². The topological polar surface area (TPSA) is 29.5 Å². The van der Waals surface area contributed by atoms with Crippen LogP contribution >= 0.6 is 0 Å². The van der Waals surface area contributed by atoms with Gasteiger partial charge in [0.2, 0.25) is 0 Å². The quantitative estimate of drug-likeness (QED) is 0.651. The molecule has 88 valence electrons. The fourth-order valence-electron chi connectivity index (χ4n) is 2.08. The first-order valence-electron chi connectivity index (χ1n) is 5.95. The Labute approximate surface area is 92.8 Å². The van der Waals surface area contributed by atoms with Crippen molar-refractivity contribution >= 4 is 6.29 Å². The van der Waals surface area contributed by atoms with Gasteiger partial charge in [-0.05, 0) is 19.8 Å². The van der Waals surface area contributed by atoms with Crippen molar-refractivity contribution in [2.24, 2.45) is 5.41 Å². The molecule has 1 fully saturated rings. The van der Waals surface area contributed by atoms with Gasteiger partial charge in [-0.3, -0.25) is 4.90 Å². The summed E-state index contributed by atoms with van der Waals surface area (Å²) in [7, 11) is 0. The second-order valence-electron chi connectivity index (χ2n) is 4.58. The predicted octanol–water partition coefficient (Wildman–Crippen LogP) is 1.71. The third-order valence-electron chi connectivity index (χ3n) is 3.68. The fraction of sp³-hybridized carbons (Fsp3) is 0.917. The minimum Gasteiger partial charge on any atom is -0.379 e. The second kappa shape index (κ2) is 5.61. The van der Waals surface area contributed by atoms with E-state index in [0.29, 0.717) is 6.04 Å². The zero-order valence-corrected chi connectivity index (χ0v) is 10.2. The van der Waals surface area contributed by atoms with Crippen molar-refractivity contribution in [1.29, 1.82) is 0 Å². The molecule has 1 saturated heterocycles.